The molecule has 1 saturated carbocycles. The highest BCUT2D eigenvalue weighted by molar-refractivity contribution is 6.31. The molecular formula is C15H16ClNO3. The first-order chi connectivity index (χ1) is 9.68. The molecule has 0 spiro atoms. The van der Waals surface area contributed by atoms with Crippen molar-refractivity contribution >= 4 is 17.7 Å². The van der Waals surface area contributed by atoms with E-state index in [0.29, 0.717) is 29.7 Å². The van der Waals surface area contributed by atoms with Gasteiger partial charge in [-0.05, 0) is 25.3 Å². The third kappa shape index (κ3) is 2.00. The van der Waals surface area contributed by atoms with Crippen LogP contribution in [-0.4, -0.2) is 19.3 Å². The van der Waals surface area contributed by atoms with E-state index in [1.807, 2.05) is 6.92 Å². The third-order valence-corrected chi connectivity index (χ3v) is 4.58. The normalized spacial score (nSPS) is 19.5. The maximum atomic E-state index is 10.9. The average molecular weight is 294 g/mol. The van der Waals surface area contributed by atoms with Crippen LogP contribution in [0.3, 0.4) is 0 Å². The van der Waals surface area contributed by atoms with Crippen LogP contribution in [0.5, 0.6) is 11.5 Å². The Balaban J connectivity index is 2.26. The molecule has 1 aromatic carbocycles. The molecule has 0 atom stereocenters. The lowest BCUT2D eigenvalue weighted by Gasteiger charge is -2.31. The van der Waals surface area contributed by atoms with E-state index in [-0.39, 0.29) is 0 Å². The quantitative estimate of drug-likeness (QED) is 0.619. The molecule has 20 heavy (non-hydrogen) atoms. The topological polar surface area (TPSA) is 47.9 Å². The van der Waals surface area contributed by atoms with Gasteiger partial charge in [0.1, 0.15) is 18.8 Å². The molecule has 2 aliphatic rings. The summed E-state index contributed by atoms with van der Waals surface area (Å²) in [6.45, 7) is 2.95. The zero-order chi connectivity index (χ0) is 14.2. The number of hydrogen-bond donors (Lipinski definition) is 0. The second-order valence-electron chi connectivity index (χ2n) is 5.32. The second kappa shape index (κ2) is 5.12. The van der Waals surface area contributed by atoms with Crippen LogP contribution in [0.4, 0.5) is 0 Å². The van der Waals surface area contributed by atoms with Crippen LogP contribution in [0.25, 0.3) is 0 Å². The lowest BCUT2D eigenvalue weighted by molar-refractivity contribution is 0.166. The molecular weight excluding hydrogens is 278 g/mol. The van der Waals surface area contributed by atoms with Gasteiger partial charge in [-0.3, -0.25) is 0 Å². The van der Waals surface area contributed by atoms with Crippen molar-refractivity contribution in [1.82, 2.24) is 0 Å². The largest absolute Gasteiger partial charge is 0.486 e. The van der Waals surface area contributed by atoms with Gasteiger partial charge in [0.05, 0.1) is 0 Å². The number of isocyanates is 1. The lowest BCUT2D eigenvalue weighted by atomic mass is 9.84. The molecule has 0 N–H and O–H groups in total. The average Bonchev–Trinajstić information content (AvgIpc) is 2.90. The van der Waals surface area contributed by atoms with Gasteiger partial charge in [-0.1, -0.05) is 24.4 Å². The van der Waals surface area contributed by atoms with Crippen molar-refractivity contribution in [3.8, 4) is 11.5 Å². The van der Waals surface area contributed by atoms with Gasteiger partial charge >= 0.3 is 0 Å². The van der Waals surface area contributed by atoms with Crippen molar-refractivity contribution in [3.63, 3.8) is 0 Å². The van der Waals surface area contributed by atoms with Gasteiger partial charge in [0, 0.05) is 16.7 Å². The van der Waals surface area contributed by atoms with E-state index in [1.54, 1.807) is 12.1 Å². The zero-order valence-electron chi connectivity index (χ0n) is 11.4. The van der Waals surface area contributed by atoms with Crippen molar-refractivity contribution in [2.75, 3.05) is 13.2 Å². The van der Waals surface area contributed by atoms with Crippen LogP contribution >= 0.6 is 11.6 Å². The van der Waals surface area contributed by atoms with Gasteiger partial charge in [-0.25, -0.2) is 4.79 Å². The molecule has 0 radical (unpaired) electrons. The van der Waals surface area contributed by atoms with Gasteiger partial charge in [0.15, 0.2) is 11.5 Å². The van der Waals surface area contributed by atoms with E-state index >= 15 is 0 Å². The number of ether oxygens (including phenoxy) is 2. The predicted molar refractivity (Wildman–Crippen MR) is 75.4 cm³/mol. The fourth-order valence-corrected chi connectivity index (χ4v) is 3.47. The Kier molecular flexibility index (Phi) is 3.45. The molecule has 5 heteroatoms. The Labute approximate surface area is 122 Å². The second-order valence-corrected chi connectivity index (χ2v) is 5.73. The molecule has 4 nitrogen and oxygen atoms in total. The van der Waals surface area contributed by atoms with Crippen molar-refractivity contribution in [2.45, 2.75) is 38.1 Å². The summed E-state index contributed by atoms with van der Waals surface area (Å²) in [5.41, 5.74) is 1.26. The fourth-order valence-electron chi connectivity index (χ4n) is 3.27. The van der Waals surface area contributed by atoms with Crippen LogP contribution in [-0.2, 0) is 10.3 Å². The highest BCUT2D eigenvalue weighted by Crippen LogP contribution is 2.52. The van der Waals surface area contributed by atoms with E-state index < -0.39 is 5.54 Å². The Bertz CT molecular complexity index is 587. The van der Waals surface area contributed by atoms with Crippen LogP contribution in [0.15, 0.2) is 11.1 Å². The number of hydrogen-bond acceptors (Lipinski definition) is 4. The van der Waals surface area contributed by atoms with Gasteiger partial charge in [-0.2, -0.15) is 4.99 Å². The van der Waals surface area contributed by atoms with Crippen LogP contribution < -0.4 is 9.47 Å². The van der Waals surface area contributed by atoms with Gasteiger partial charge in [0.25, 0.3) is 0 Å². The molecule has 0 saturated heterocycles. The molecule has 1 heterocycles. The first kappa shape index (κ1) is 13.5. The minimum absolute atomic E-state index is 0.502. The van der Waals surface area contributed by atoms with Crippen LogP contribution in [0.2, 0.25) is 5.02 Å². The summed E-state index contributed by atoms with van der Waals surface area (Å²) >= 11 is 6.32. The number of halogens is 1. The Morgan fingerprint density at radius 3 is 2.70 bits per heavy atom. The number of rotatable bonds is 2. The van der Waals surface area contributed by atoms with E-state index in [1.165, 1.54) is 0 Å². The van der Waals surface area contributed by atoms with Crippen LogP contribution in [0.1, 0.15) is 36.8 Å². The highest BCUT2D eigenvalue weighted by atomic mass is 35.5. The fraction of sp³-hybridized carbons (Fsp3) is 0.533. The molecule has 106 valence electrons. The zero-order valence-corrected chi connectivity index (χ0v) is 12.1. The van der Waals surface area contributed by atoms with Crippen molar-refractivity contribution in [1.29, 1.82) is 0 Å². The molecule has 0 aromatic heterocycles. The SMILES string of the molecule is Cc1c(Cl)cc2c(c1C1(N=C=O)CCCC1)OCCO2. The summed E-state index contributed by atoms with van der Waals surface area (Å²) in [6.07, 6.45) is 5.44. The Hall–Kier alpha value is -1.51. The van der Waals surface area contributed by atoms with Gasteiger partial charge < -0.3 is 9.47 Å². The highest BCUT2D eigenvalue weighted by Gasteiger charge is 2.41. The first-order valence-electron chi connectivity index (χ1n) is 6.86. The smallest absolute Gasteiger partial charge is 0.235 e. The number of nitrogens with zero attached hydrogens (tertiary/aromatic N) is 1. The number of carbonyl (C=O) groups excluding carboxylic acids is 1. The molecule has 0 unspecified atom stereocenters. The third-order valence-electron chi connectivity index (χ3n) is 4.18. The number of aliphatic imine (C=N–C) groups is 1. The van der Waals surface area contributed by atoms with E-state index in [2.05, 4.69) is 4.99 Å². The lowest BCUT2D eigenvalue weighted by Crippen LogP contribution is -2.25. The van der Waals surface area contributed by atoms with E-state index in [0.717, 1.165) is 36.8 Å². The molecule has 1 aliphatic carbocycles. The molecule has 0 bridgehead atoms. The van der Waals surface area contributed by atoms with Crippen molar-refractivity contribution in [2.24, 2.45) is 4.99 Å². The Morgan fingerprint density at radius 1 is 1.30 bits per heavy atom. The minimum atomic E-state index is -0.554. The minimum Gasteiger partial charge on any atom is -0.486 e. The summed E-state index contributed by atoms with van der Waals surface area (Å²) < 4.78 is 11.4. The summed E-state index contributed by atoms with van der Waals surface area (Å²) in [4.78, 5) is 15.0. The monoisotopic (exact) mass is 293 g/mol. The first-order valence-corrected chi connectivity index (χ1v) is 7.24. The molecule has 3 rings (SSSR count). The van der Waals surface area contributed by atoms with Gasteiger partial charge in [-0.15, -0.1) is 0 Å². The molecule has 1 aromatic rings. The predicted octanol–water partition coefficient (Wildman–Crippen LogP) is 3.52. The molecule has 1 aliphatic heterocycles. The summed E-state index contributed by atoms with van der Waals surface area (Å²) in [7, 11) is 0. The van der Waals surface area contributed by atoms with Crippen LogP contribution in [0, 0.1) is 6.92 Å². The maximum Gasteiger partial charge on any atom is 0.235 e. The maximum absolute atomic E-state index is 10.9. The standard InChI is InChI=1S/C15H16ClNO3/c1-10-11(16)8-12-14(20-7-6-19-12)13(10)15(17-9-18)4-2-3-5-15/h8H,2-7H2,1H3. The molecule has 1 fully saturated rings. The van der Waals surface area contributed by atoms with Crippen molar-refractivity contribution in [3.05, 3.63) is 22.2 Å². The Morgan fingerprint density at radius 2 is 2.00 bits per heavy atom. The summed E-state index contributed by atoms with van der Waals surface area (Å²) in [6, 6.07) is 1.78. The number of benzene rings is 1. The van der Waals surface area contributed by atoms with E-state index in [4.69, 9.17) is 21.1 Å². The summed E-state index contributed by atoms with van der Waals surface area (Å²) in [5, 5.41) is 0.622. The number of fused-ring (bicyclic) bond motifs is 1. The van der Waals surface area contributed by atoms with Crippen molar-refractivity contribution < 1.29 is 14.3 Å². The van der Waals surface area contributed by atoms with E-state index in [9.17, 15) is 4.79 Å². The van der Waals surface area contributed by atoms with Gasteiger partial charge in [0.2, 0.25) is 6.08 Å². The summed E-state index contributed by atoms with van der Waals surface area (Å²) in [5.74, 6) is 1.34. The molecule has 0 amide bonds.